The quantitative estimate of drug-likeness (QED) is 0.596. The molecule has 2 rings (SSSR count). The Labute approximate surface area is 182 Å². The molecular formula is C23H32N2O6. The van der Waals surface area contributed by atoms with Crippen LogP contribution in [0.25, 0.3) is 0 Å². The van der Waals surface area contributed by atoms with Gasteiger partial charge in [0.2, 0.25) is 0 Å². The lowest BCUT2D eigenvalue weighted by Crippen LogP contribution is -2.30. The van der Waals surface area contributed by atoms with Gasteiger partial charge in [-0.2, -0.15) is 0 Å². The van der Waals surface area contributed by atoms with E-state index in [0.29, 0.717) is 12.2 Å². The predicted octanol–water partition coefficient (Wildman–Crippen LogP) is 4.31. The Hall–Kier alpha value is -3.03. The molecular weight excluding hydrogens is 400 g/mol. The summed E-state index contributed by atoms with van der Waals surface area (Å²) >= 11 is 0. The van der Waals surface area contributed by atoms with E-state index >= 15 is 0 Å². The van der Waals surface area contributed by atoms with Gasteiger partial charge in [0.1, 0.15) is 18.1 Å². The number of carbonyl (C=O) groups is 2. The van der Waals surface area contributed by atoms with Crippen LogP contribution in [0.2, 0.25) is 0 Å². The third-order valence-corrected chi connectivity index (χ3v) is 4.98. The number of alkyl carbamates (subject to hydrolysis) is 1. The third kappa shape index (κ3) is 6.47. The molecule has 8 nitrogen and oxygen atoms in total. The molecule has 170 valence electrons. The highest BCUT2D eigenvalue weighted by molar-refractivity contribution is 5.76. The lowest BCUT2D eigenvalue weighted by atomic mass is 9.76. The molecule has 31 heavy (non-hydrogen) atoms. The summed E-state index contributed by atoms with van der Waals surface area (Å²) < 4.78 is 10.6. The van der Waals surface area contributed by atoms with Gasteiger partial charge in [-0.05, 0) is 33.9 Å². The molecule has 8 heteroatoms. The summed E-state index contributed by atoms with van der Waals surface area (Å²) in [5.41, 5.74) is 1.97. The minimum atomic E-state index is -1.15. The molecule has 0 saturated carbocycles. The van der Waals surface area contributed by atoms with Crippen molar-refractivity contribution in [1.29, 1.82) is 0 Å². The number of nitrogens with one attached hydrogen (secondary N) is 1. The number of carboxylic acid groups (broad SMARTS) is 1. The molecule has 0 saturated heterocycles. The van der Waals surface area contributed by atoms with Crippen molar-refractivity contribution in [2.45, 2.75) is 64.7 Å². The molecule has 1 aromatic heterocycles. The average Bonchev–Trinajstić information content (AvgIpc) is 3.16. The zero-order valence-electron chi connectivity index (χ0n) is 19.0. The van der Waals surface area contributed by atoms with Gasteiger partial charge >= 0.3 is 12.1 Å². The molecule has 1 unspecified atom stereocenters. The Morgan fingerprint density at radius 1 is 1.13 bits per heavy atom. The number of carbonyl (C=O) groups excluding carboxylic acids is 1. The van der Waals surface area contributed by atoms with Crippen LogP contribution in [-0.4, -0.2) is 40.6 Å². The zero-order valence-corrected chi connectivity index (χ0v) is 19.0. The van der Waals surface area contributed by atoms with Gasteiger partial charge in [-0.3, -0.25) is 4.79 Å². The molecule has 0 spiro atoms. The summed E-state index contributed by atoms with van der Waals surface area (Å²) in [5.74, 6) is -0.521. The Morgan fingerprint density at radius 2 is 1.71 bits per heavy atom. The molecule has 1 aromatic carbocycles. The monoisotopic (exact) mass is 432 g/mol. The second-order valence-electron chi connectivity index (χ2n) is 9.60. The number of aromatic nitrogens is 1. The van der Waals surface area contributed by atoms with Crippen molar-refractivity contribution < 1.29 is 29.1 Å². The second kappa shape index (κ2) is 9.41. The van der Waals surface area contributed by atoms with E-state index in [2.05, 4.69) is 10.5 Å². The smallest absolute Gasteiger partial charge is 0.407 e. The van der Waals surface area contributed by atoms with Gasteiger partial charge in [0.15, 0.2) is 0 Å². The molecule has 3 N–H and O–H groups in total. The summed E-state index contributed by atoms with van der Waals surface area (Å²) in [6, 6.07) is 5.68. The van der Waals surface area contributed by atoms with Crippen LogP contribution in [0, 0.1) is 0 Å². The number of amides is 1. The molecule has 0 aliphatic rings. The maximum atomic E-state index is 11.7. The lowest BCUT2D eigenvalue weighted by molar-refractivity contribution is -0.135. The fraction of sp³-hybridized carbons (Fsp3) is 0.522. The van der Waals surface area contributed by atoms with Crippen molar-refractivity contribution >= 4 is 12.1 Å². The van der Waals surface area contributed by atoms with Crippen LogP contribution in [0.15, 0.2) is 28.9 Å². The Balaban J connectivity index is 2.38. The number of phenolic OH excluding ortho intramolecular Hbond substituents is 1. The van der Waals surface area contributed by atoms with Crippen molar-refractivity contribution in [2.24, 2.45) is 0 Å². The van der Waals surface area contributed by atoms with Gasteiger partial charge in [-0.25, -0.2) is 4.79 Å². The largest absolute Gasteiger partial charge is 0.507 e. The van der Waals surface area contributed by atoms with Crippen molar-refractivity contribution in [2.75, 3.05) is 13.2 Å². The first kappa shape index (κ1) is 24.2. The highest BCUT2D eigenvalue weighted by atomic mass is 16.5. The molecule has 2 aromatic rings. The minimum Gasteiger partial charge on any atom is -0.507 e. The van der Waals surface area contributed by atoms with Crippen LogP contribution in [0.3, 0.4) is 0 Å². The molecule has 0 aliphatic carbocycles. The average molecular weight is 433 g/mol. The van der Waals surface area contributed by atoms with Crippen LogP contribution in [-0.2, 0) is 20.4 Å². The van der Waals surface area contributed by atoms with Gasteiger partial charge < -0.3 is 24.8 Å². The maximum Gasteiger partial charge on any atom is 0.407 e. The molecule has 0 bridgehead atoms. The molecule has 1 atom stereocenters. The van der Waals surface area contributed by atoms with E-state index in [-0.39, 0.29) is 29.1 Å². The Morgan fingerprint density at radius 3 is 2.16 bits per heavy atom. The van der Waals surface area contributed by atoms with E-state index in [1.807, 2.05) is 53.7 Å². The fourth-order valence-electron chi connectivity index (χ4n) is 3.35. The Kier molecular flexibility index (Phi) is 7.36. The van der Waals surface area contributed by atoms with E-state index in [4.69, 9.17) is 14.4 Å². The first-order chi connectivity index (χ1) is 14.3. The number of nitrogens with zero attached hydrogens (tertiary/aromatic N) is 1. The lowest BCUT2D eigenvalue weighted by Gasteiger charge is -2.29. The highest BCUT2D eigenvalue weighted by Gasteiger charge is 2.29. The number of hydrogen-bond acceptors (Lipinski definition) is 6. The van der Waals surface area contributed by atoms with E-state index in [1.165, 1.54) is 0 Å². The molecule has 1 amide bonds. The number of carboxylic acids is 1. The first-order valence-corrected chi connectivity index (χ1v) is 10.2. The number of benzene rings is 1. The summed E-state index contributed by atoms with van der Waals surface area (Å²) in [4.78, 5) is 22.3. The Bertz CT molecular complexity index is 872. The van der Waals surface area contributed by atoms with Crippen LogP contribution < -0.4 is 5.32 Å². The van der Waals surface area contributed by atoms with Gasteiger partial charge in [0.05, 0.1) is 12.8 Å². The molecule has 0 fully saturated rings. The topological polar surface area (TPSA) is 122 Å². The van der Waals surface area contributed by atoms with E-state index in [9.17, 15) is 14.7 Å². The van der Waals surface area contributed by atoms with Crippen molar-refractivity contribution in [1.82, 2.24) is 10.5 Å². The van der Waals surface area contributed by atoms with Crippen LogP contribution in [0.5, 0.6) is 5.75 Å². The van der Waals surface area contributed by atoms with E-state index < -0.39 is 18.6 Å². The third-order valence-electron chi connectivity index (χ3n) is 4.98. The van der Waals surface area contributed by atoms with E-state index in [1.54, 1.807) is 12.3 Å². The molecule has 0 aliphatic heterocycles. The number of hydrogen-bond donors (Lipinski definition) is 3. The minimum absolute atomic E-state index is 0.0490. The number of ether oxygens (including phenoxy) is 1. The standard InChI is InChI=1S/C23H32N2O6/c1-22(2,3)16-11-14(12-17(20(16)28)23(4,5)6)15(18-7-9-25-31-18)8-10-30-21(29)24-13-19(26)27/h7,9,11-12,15,28H,8,10,13H2,1-6H3,(H,24,29)(H,26,27). The van der Waals surface area contributed by atoms with Crippen LogP contribution in [0.4, 0.5) is 4.79 Å². The van der Waals surface area contributed by atoms with Crippen molar-refractivity contribution in [3.63, 3.8) is 0 Å². The number of aromatic hydroxyl groups is 1. The van der Waals surface area contributed by atoms with Gasteiger partial charge in [0, 0.05) is 12.0 Å². The second-order valence-corrected chi connectivity index (χ2v) is 9.60. The van der Waals surface area contributed by atoms with E-state index in [0.717, 1.165) is 16.7 Å². The van der Waals surface area contributed by atoms with Gasteiger partial charge in [-0.1, -0.05) is 58.8 Å². The highest BCUT2D eigenvalue weighted by Crippen LogP contribution is 2.42. The predicted molar refractivity (Wildman–Crippen MR) is 115 cm³/mol. The van der Waals surface area contributed by atoms with Gasteiger partial charge in [0.25, 0.3) is 0 Å². The summed E-state index contributed by atoms with van der Waals surface area (Å²) in [6.45, 7) is 11.8. The molecule has 0 radical (unpaired) electrons. The van der Waals surface area contributed by atoms with Gasteiger partial charge in [-0.15, -0.1) is 0 Å². The maximum absolute atomic E-state index is 11.7. The number of rotatable bonds is 7. The normalized spacial score (nSPS) is 13.0. The first-order valence-electron chi connectivity index (χ1n) is 10.2. The van der Waals surface area contributed by atoms with Crippen molar-refractivity contribution in [3.8, 4) is 5.75 Å². The fourth-order valence-corrected chi connectivity index (χ4v) is 3.35. The zero-order chi connectivity index (χ0) is 23.4. The number of aliphatic carboxylic acids is 1. The van der Waals surface area contributed by atoms with Crippen molar-refractivity contribution in [3.05, 3.63) is 46.8 Å². The summed E-state index contributed by atoms with van der Waals surface area (Å²) in [5, 5.41) is 25.6. The molecule has 1 heterocycles. The van der Waals surface area contributed by atoms with Crippen LogP contribution in [0.1, 0.15) is 76.3 Å². The number of phenols is 1. The SMILES string of the molecule is CC(C)(C)c1cc(C(CCOC(=O)NCC(=O)O)c2ccno2)cc(C(C)(C)C)c1O. The summed E-state index contributed by atoms with van der Waals surface area (Å²) in [6.07, 6.45) is 1.15. The summed E-state index contributed by atoms with van der Waals surface area (Å²) in [7, 11) is 0. The van der Waals surface area contributed by atoms with Crippen LogP contribution >= 0.6 is 0 Å².